The van der Waals surface area contributed by atoms with E-state index in [4.69, 9.17) is 0 Å². The van der Waals surface area contributed by atoms with Crippen molar-refractivity contribution in [2.24, 2.45) is 0 Å². The van der Waals surface area contributed by atoms with Crippen LogP contribution in [0.4, 0.5) is 0 Å². The Morgan fingerprint density at radius 1 is 0.386 bits per heavy atom. The van der Waals surface area contributed by atoms with E-state index in [1.54, 1.807) is 0 Å². The highest BCUT2D eigenvalue weighted by Crippen LogP contribution is 2.41. The Kier molecular flexibility index (Phi) is 5.50. The van der Waals surface area contributed by atoms with Gasteiger partial charge in [-0.25, -0.2) is 0 Å². The zero-order chi connectivity index (χ0) is 29.0. The summed E-state index contributed by atoms with van der Waals surface area (Å²) in [5.74, 6) is 0. The maximum atomic E-state index is 4.48. The van der Waals surface area contributed by atoms with Gasteiger partial charge in [-0.05, 0) is 76.9 Å². The van der Waals surface area contributed by atoms with E-state index in [9.17, 15) is 0 Å². The summed E-state index contributed by atoms with van der Waals surface area (Å²) in [5, 5.41) is 4.94. The Labute approximate surface area is 254 Å². The first-order valence-electron chi connectivity index (χ1n) is 15.0. The van der Waals surface area contributed by atoms with E-state index >= 15 is 0 Å². The lowest BCUT2D eigenvalue weighted by molar-refractivity contribution is 1.17. The summed E-state index contributed by atoms with van der Waals surface area (Å²) in [4.78, 5) is 4.48. The van der Waals surface area contributed by atoms with Crippen LogP contribution in [0.25, 0.3) is 77.2 Å². The number of benzene rings is 6. The summed E-state index contributed by atoms with van der Waals surface area (Å²) in [6, 6.07) is 54.5. The fourth-order valence-corrected chi connectivity index (χ4v) is 6.86. The normalized spacial score (nSPS) is 11.6. The van der Waals surface area contributed by atoms with Crippen molar-refractivity contribution < 1.29 is 0 Å². The quantitative estimate of drug-likeness (QED) is 0.210. The summed E-state index contributed by atoms with van der Waals surface area (Å²) in [5.41, 5.74) is 11.9. The SMILES string of the molecule is c1ccc(-c2ccc(-n3c4ccccc4c4c(-c5ccc6c(c5)c5ccncc5n6-c5ccccc5)cccc43)cc2)cc1. The number of hydrogen-bond acceptors (Lipinski definition) is 1. The molecule has 0 fully saturated rings. The first kappa shape index (κ1) is 24.6. The highest BCUT2D eigenvalue weighted by molar-refractivity contribution is 6.17. The first-order valence-corrected chi connectivity index (χ1v) is 15.0. The highest BCUT2D eigenvalue weighted by Gasteiger charge is 2.18. The van der Waals surface area contributed by atoms with Gasteiger partial charge in [-0.3, -0.25) is 4.98 Å². The van der Waals surface area contributed by atoms with Crippen molar-refractivity contribution in [3.8, 4) is 33.6 Å². The molecule has 3 aromatic heterocycles. The maximum absolute atomic E-state index is 4.48. The van der Waals surface area contributed by atoms with Gasteiger partial charge in [0.1, 0.15) is 0 Å². The number of para-hydroxylation sites is 2. The van der Waals surface area contributed by atoms with Gasteiger partial charge in [0, 0.05) is 39.1 Å². The topological polar surface area (TPSA) is 22.8 Å². The van der Waals surface area contributed by atoms with Crippen LogP contribution in [0.5, 0.6) is 0 Å². The highest BCUT2D eigenvalue weighted by atomic mass is 15.0. The maximum Gasteiger partial charge on any atom is 0.0724 e. The third kappa shape index (κ3) is 3.73. The molecule has 0 amide bonds. The van der Waals surface area contributed by atoms with Gasteiger partial charge in [-0.1, -0.05) is 97.1 Å². The zero-order valence-electron chi connectivity index (χ0n) is 23.9. The number of fused-ring (bicyclic) bond motifs is 6. The number of rotatable bonds is 4. The van der Waals surface area contributed by atoms with Crippen LogP contribution in [0.15, 0.2) is 164 Å². The van der Waals surface area contributed by atoms with E-state index in [1.165, 1.54) is 60.3 Å². The Bertz CT molecular complexity index is 2470. The molecule has 3 heterocycles. The van der Waals surface area contributed by atoms with Gasteiger partial charge >= 0.3 is 0 Å². The van der Waals surface area contributed by atoms with Gasteiger partial charge < -0.3 is 9.13 Å². The van der Waals surface area contributed by atoms with Gasteiger partial charge in [0.2, 0.25) is 0 Å². The molecule has 44 heavy (non-hydrogen) atoms. The third-order valence-corrected chi connectivity index (χ3v) is 8.82. The lowest BCUT2D eigenvalue weighted by Gasteiger charge is -2.11. The standard InChI is InChI=1S/C41H27N3/c1-3-10-28(11-4-1)29-18-21-32(22-19-29)43-37-16-8-7-14-35(37)41-33(15-9-17-39(41)43)30-20-23-38-36(26-30)34-24-25-42-27-40(34)44(38)31-12-5-2-6-13-31/h1-27H. The predicted octanol–water partition coefficient (Wildman–Crippen LogP) is 10.6. The number of aromatic nitrogens is 3. The largest absolute Gasteiger partial charge is 0.309 e. The summed E-state index contributed by atoms with van der Waals surface area (Å²) >= 11 is 0. The molecular formula is C41H27N3. The van der Waals surface area contributed by atoms with E-state index in [0.717, 1.165) is 16.9 Å². The number of pyridine rings is 1. The molecular weight excluding hydrogens is 534 g/mol. The third-order valence-electron chi connectivity index (χ3n) is 8.82. The van der Waals surface area contributed by atoms with Crippen LogP contribution in [0.2, 0.25) is 0 Å². The fourth-order valence-electron chi connectivity index (χ4n) is 6.86. The molecule has 0 bridgehead atoms. The van der Waals surface area contributed by atoms with Crippen molar-refractivity contribution in [3.05, 3.63) is 164 Å². The van der Waals surface area contributed by atoms with Crippen molar-refractivity contribution in [1.82, 2.24) is 14.1 Å². The predicted molar refractivity (Wildman–Crippen MR) is 184 cm³/mol. The second-order valence-corrected chi connectivity index (χ2v) is 11.3. The van der Waals surface area contributed by atoms with Gasteiger partial charge in [0.25, 0.3) is 0 Å². The molecule has 0 saturated heterocycles. The molecule has 3 heteroatoms. The van der Waals surface area contributed by atoms with E-state index in [0.29, 0.717) is 0 Å². The molecule has 0 spiro atoms. The fraction of sp³-hybridized carbons (Fsp3) is 0. The lowest BCUT2D eigenvalue weighted by atomic mass is 9.98. The van der Waals surface area contributed by atoms with Crippen LogP contribution in [0.1, 0.15) is 0 Å². The van der Waals surface area contributed by atoms with Crippen LogP contribution >= 0.6 is 0 Å². The van der Waals surface area contributed by atoms with Gasteiger partial charge in [-0.2, -0.15) is 0 Å². The van der Waals surface area contributed by atoms with Crippen molar-refractivity contribution in [2.45, 2.75) is 0 Å². The average molecular weight is 562 g/mol. The molecule has 0 aliphatic heterocycles. The molecule has 3 nitrogen and oxygen atoms in total. The van der Waals surface area contributed by atoms with E-state index in [-0.39, 0.29) is 0 Å². The van der Waals surface area contributed by atoms with Crippen molar-refractivity contribution >= 4 is 43.6 Å². The van der Waals surface area contributed by atoms with E-state index in [1.807, 2.05) is 12.4 Å². The second kappa shape index (κ2) is 9.82. The Balaban J connectivity index is 1.26. The number of hydrogen-bond donors (Lipinski definition) is 0. The summed E-state index contributed by atoms with van der Waals surface area (Å²) in [6.07, 6.45) is 3.86. The Hall–Kier alpha value is -5.93. The van der Waals surface area contributed by atoms with Crippen LogP contribution in [-0.4, -0.2) is 14.1 Å². The van der Waals surface area contributed by atoms with Crippen LogP contribution in [-0.2, 0) is 0 Å². The molecule has 0 aliphatic carbocycles. The summed E-state index contributed by atoms with van der Waals surface area (Å²) < 4.78 is 4.71. The van der Waals surface area contributed by atoms with Crippen molar-refractivity contribution in [3.63, 3.8) is 0 Å². The molecule has 0 aliphatic rings. The van der Waals surface area contributed by atoms with Gasteiger partial charge in [0.15, 0.2) is 0 Å². The summed E-state index contributed by atoms with van der Waals surface area (Å²) in [7, 11) is 0. The zero-order valence-corrected chi connectivity index (χ0v) is 23.9. The smallest absolute Gasteiger partial charge is 0.0724 e. The molecule has 0 saturated carbocycles. The van der Waals surface area contributed by atoms with E-state index < -0.39 is 0 Å². The molecule has 9 rings (SSSR count). The molecule has 6 aromatic carbocycles. The average Bonchev–Trinajstić information content (AvgIpc) is 3.62. The van der Waals surface area contributed by atoms with Gasteiger partial charge in [0.05, 0.1) is 28.3 Å². The number of nitrogens with zero attached hydrogens (tertiary/aromatic N) is 3. The minimum absolute atomic E-state index is 1.11. The van der Waals surface area contributed by atoms with Crippen LogP contribution in [0, 0.1) is 0 Å². The molecule has 0 radical (unpaired) electrons. The monoisotopic (exact) mass is 561 g/mol. The minimum atomic E-state index is 1.11. The molecule has 0 atom stereocenters. The lowest BCUT2D eigenvalue weighted by Crippen LogP contribution is -1.94. The first-order chi connectivity index (χ1) is 21.8. The Morgan fingerprint density at radius 3 is 1.86 bits per heavy atom. The Morgan fingerprint density at radius 2 is 1.02 bits per heavy atom. The molecule has 0 unspecified atom stereocenters. The van der Waals surface area contributed by atoms with E-state index in [2.05, 4.69) is 166 Å². The van der Waals surface area contributed by atoms with Crippen LogP contribution in [0.3, 0.4) is 0 Å². The minimum Gasteiger partial charge on any atom is -0.309 e. The molecule has 0 N–H and O–H groups in total. The summed E-state index contributed by atoms with van der Waals surface area (Å²) in [6.45, 7) is 0. The second-order valence-electron chi connectivity index (χ2n) is 11.3. The molecule has 206 valence electrons. The van der Waals surface area contributed by atoms with Gasteiger partial charge in [-0.15, -0.1) is 0 Å². The van der Waals surface area contributed by atoms with Crippen LogP contribution < -0.4 is 0 Å². The van der Waals surface area contributed by atoms with Crippen molar-refractivity contribution in [1.29, 1.82) is 0 Å². The van der Waals surface area contributed by atoms with Crippen molar-refractivity contribution in [2.75, 3.05) is 0 Å². The molecule has 9 aromatic rings.